The Hall–Kier alpha value is -3.41. The van der Waals surface area contributed by atoms with Crippen molar-refractivity contribution >= 4 is 5.91 Å². The minimum atomic E-state index is -0.903. The first-order valence-corrected chi connectivity index (χ1v) is 9.69. The summed E-state index contributed by atoms with van der Waals surface area (Å²) in [5.74, 6) is 7.12. The zero-order valence-corrected chi connectivity index (χ0v) is 16.6. The Bertz CT molecular complexity index is 1110. The van der Waals surface area contributed by atoms with Gasteiger partial charge in [-0.15, -0.1) is 0 Å². The second-order valence-corrected chi connectivity index (χ2v) is 7.74. The number of nitrogens with zero attached hydrogens (tertiary/aromatic N) is 3. The summed E-state index contributed by atoms with van der Waals surface area (Å²) in [6.07, 6.45) is 3.79. The van der Waals surface area contributed by atoms with E-state index in [-0.39, 0.29) is 5.92 Å². The molecule has 5 N–H and O–H groups in total. The van der Waals surface area contributed by atoms with Crippen molar-refractivity contribution in [3.63, 3.8) is 0 Å². The van der Waals surface area contributed by atoms with Crippen LogP contribution in [-0.4, -0.2) is 31.3 Å². The molecule has 1 aliphatic rings. The Morgan fingerprint density at radius 3 is 2.80 bits per heavy atom. The number of hydrogen-bond donors (Lipinski definition) is 3. The fourth-order valence-electron chi connectivity index (χ4n) is 3.55. The molecule has 4 rings (SSSR count). The maximum atomic E-state index is 11.3. The predicted octanol–water partition coefficient (Wildman–Crippen LogP) is 1.58. The molecule has 8 heteroatoms. The lowest BCUT2D eigenvalue weighted by Gasteiger charge is -2.39. The maximum Gasteiger partial charge on any atom is 0.237 e. The summed E-state index contributed by atoms with van der Waals surface area (Å²) in [4.78, 5) is 15.4. The Labute approximate surface area is 173 Å². The SMILES string of the molecule is C[C@H](O)c1nccn1Cc1cc(-c2ccc(C#CC3CC(N)(C(N)=O)C3)cc2)on1. The van der Waals surface area contributed by atoms with E-state index in [9.17, 15) is 9.90 Å². The highest BCUT2D eigenvalue weighted by Gasteiger charge is 2.45. The van der Waals surface area contributed by atoms with E-state index >= 15 is 0 Å². The van der Waals surface area contributed by atoms with E-state index in [1.165, 1.54) is 0 Å². The van der Waals surface area contributed by atoms with E-state index < -0.39 is 17.6 Å². The number of hydrogen-bond acceptors (Lipinski definition) is 6. The van der Waals surface area contributed by atoms with Gasteiger partial charge >= 0.3 is 0 Å². The molecule has 1 aliphatic carbocycles. The molecule has 3 aromatic rings. The van der Waals surface area contributed by atoms with Crippen molar-refractivity contribution in [3.8, 4) is 23.2 Å². The standard InChI is InChI=1S/C22H23N5O3/c1-14(28)20-25-8-9-27(20)13-18-10-19(30-26-18)17-6-4-15(5-7-17)2-3-16-11-22(24,12-16)21(23)29/h4-10,14,16,28H,11-13,24H2,1H3,(H2,23,29)/t14-,16?,22?/m0/s1. The fraction of sp³-hybridized carbons (Fsp3) is 0.318. The van der Waals surface area contributed by atoms with Crippen LogP contribution in [0.1, 0.15) is 43.0 Å². The van der Waals surface area contributed by atoms with Crippen LogP contribution in [0.15, 0.2) is 47.2 Å². The molecule has 1 atom stereocenters. The number of carbonyl (C=O) groups is 1. The molecule has 1 amide bonds. The molecular formula is C22H23N5O3. The lowest BCUT2D eigenvalue weighted by atomic mass is 9.69. The first-order chi connectivity index (χ1) is 14.3. The van der Waals surface area contributed by atoms with Gasteiger partial charge in [-0.3, -0.25) is 4.79 Å². The topological polar surface area (TPSA) is 133 Å². The minimum absolute atomic E-state index is 0.0914. The smallest absolute Gasteiger partial charge is 0.237 e. The number of imidazole rings is 1. The number of primary amides is 1. The van der Waals surface area contributed by atoms with Gasteiger partial charge in [0.15, 0.2) is 5.76 Å². The third-order valence-electron chi connectivity index (χ3n) is 5.31. The molecule has 2 aromatic heterocycles. The largest absolute Gasteiger partial charge is 0.385 e. The van der Waals surface area contributed by atoms with Crippen molar-refractivity contribution in [1.82, 2.24) is 14.7 Å². The molecule has 0 aliphatic heterocycles. The van der Waals surface area contributed by atoms with E-state index in [0.717, 1.165) is 16.8 Å². The molecule has 8 nitrogen and oxygen atoms in total. The summed E-state index contributed by atoms with van der Waals surface area (Å²) < 4.78 is 7.30. The molecule has 2 heterocycles. The number of nitrogens with two attached hydrogens (primary N) is 2. The second-order valence-electron chi connectivity index (χ2n) is 7.74. The Balaban J connectivity index is 1.40. The van der Waals surface area contributed by atoms with E-state index in [4.69, 9.17) is 16.0 Å². The van der Waals surface area contributed by atoms with Crippen molar-refractivity contribution in [2.24, 2.45) is 17.4 Å². The van der Waals surface area contributed by atoms with Crippen LogP contribution in [0.3, 0.4) is 0 Å². The first-order valence-electron chi connectivity index (χ1n) is 9.69. The molecule has 0 radical (unpaired) electrons. The molecule has 1 saturated carbocycles. The monoisotopic (exact) mass is 405 g/mol. The zero-order valence-electron chi connectivity index (χ0n) is 16.6. The van der Waals surface area contributed by atoms with E-state index in [1.54, 1.807) is 19.3 Å². The van der Waals surface area contributed by atoms with Gasteiger partial charge in [0.25, 0.3) is 0 Å². The summed E-state index contributed by atoms with van der Waals surface area (Å²) in [6, 6.07) is 9.53. The van der Waals surface area contributed by atoms with Gasteiger partial charge in [0, 0.05) is 35.5 Å². The quantitative estimate of drug-likeness (QED) is 0.552. The highest BCUT2D eigenvalue weighted by molar-refractivity contribution is 5.85. The molecule has 0 saturated heterocycles. The fourth-order valence-corrected chi connectivity index (χ4v) is 3.55. The number of aliphatic hydroxyl groups is 1. The average Bonchev–Trinajstić information content (AvgIpc) is 3.34. The highest BCUT2D eigenvalue weighted by Crippen LogP contribution is 2.35. The molecule has 154 valence electrons. The summed E-state index contributed by atoms with van der Waals surface area (Å²) in [5.41, 5.74) is 12.8. The van der Waals surface area contributed by atoms with E-state index in [2.05, 4.69) is 22.0 Å². The first kappa shape index (κ1) is 19.9. The lowest BCUT2D eigenvalue weighted by Crippen LogP contribution is -2.60. The zero-order chi connectivity index (χ0) is 21.3. The van der Waals surface area contributed by atoms with Crippen LogP contribution >= 0.6 is 0 Å². The molecule has 0 unspecified atom stereocenters. The van der Waals surface area contributed by atoms with E-state index in [0.29, 0.717) is 31.0 Å². The number of amides is 1. The summed E-state index contributed by atoms with van der Waals surface area (Å²) >= 11 is 0. The number of rotatable bonds is 5. The van der Waals surface area contributed by atoms with Crippen LogP contribution in [0.5, 0.6) is 0 Å². The van der Waals surface area contributed by atoms with Crippen LogP contribution in [0.25, 0.3) is 11.3 Å². The van der Waals surface area contributed by atoms with Gasteiger partial charge in [-0.05, 0) is 44.0 Å². The number of benzene rings is 1. The van der Waals surface area contributed by atoms with Gasteiger partial charge in [0.2, 0.25) is 5.91 Å². The second kappa shape index (κ2) is 7.78. The van der Waals surface area contributed by atoms with Crippen LogP contribution in [0.4, 0.5) is 0 Å². The van der Waals surface area contributed by atoms with Gasteiger partial charge in [-0.2, -0.15) is 0 Å². The normalized spacial score (nSPS) is 21.4. The number of aromatic nitrogens is 3. The van der Waals surface area contributed by atoms with Crippen molar-refractivity contribution in [1.29, 1.82) is 0 Å². The molecule has 0 bridgehead atoms. The van der Waals surface area contributed by atoms with Gasteiger partial charge in [0.1, 0.15) is 17.6 Å². The number of carbonyl (C=O) groups excluding carboxylic acids is 1. The molecule has 1 aromatic carbocycles. The summed E-state index contributed by atoms with van der Waals surface area (Å²) in [5, 5.41) is 13.9. The Morgan fingerprint density at radius 1 is 1.40 bits per heavy atom. The summed E-state index contributed by atoms with van der Waals surface area (Å²) in [7, 11) is 0. The molecule has 0 spiro atoms. The van der Waals surface area contributed by atoms with Gasteiger partial charge < -0.3 is 25.7 Å². The van der Waals surface area contributed by atoms with Crippen molar-refractivity contribution < 1.29 is 14.4 Å². The van der Waals surface area contributed by atoms with Crippen LogP contribution in [0.2, 0.25) is 0 Å². The van der Waals surface area contributed by atoms with Crippen molar-refractivity contribution in [2.45, 2.75) is 38.0 Å². The van der Waals surface area contributed by atoms with Crippen LogP contribution in [-0.2, 0) is 11.3 Å². The third-order valence-corrected chi connectivity index (χ3v) is 5.31. The highest BCUT2D eigenvalue weighted by atomic mass is 16.5. The van der Waals surface area contributed by atoms with Crippen LogP contribution in [0, 0.1) is 17.8 Å². The van der Waals surface area contributed by atoms with Crippen molar-refractivity contribution in [2.75, 3.05) is 0 Å². The van der Waals surface area contributed by atoms with Gasteiger partial charge in [-0.25, -0.2) is 4.98 Å². The predicted molar refractivity (Wildman–Crippen MR) is 110 cm³/mol. The Kier molecular flexibility index (Phi) is 5.16. The maximum absolute atomic E-state index is 11.3. The Morgan fingerprint density at radius 2 is 2.13 bits per heavy atom. The van der Waals surface area contributed by atoms with Crippen LogP contribution < -0.4 is 11.5 Å². The molecule has 30 heavy (non-hydrogen) atoms. The molecule has 1 fully saturated rings. The van der Waals surface area contributed by atoms with Crippen molar-refractivity contribution in [3.05, 3.63) is 59.8 Å². The van der Waals surface area contributed by atoms with Gasteiger partial charge in [0.05, 0.1) is 12.1 Å². The summed E-state index contributed by atoms with van der Waals surface area (Å²) in [6.45, 7) is 2.13. The lowest BCUT2D eigenvalue weighted by molar-refractivity contribution is -0.126. The van der Waals surface area contributed by atoms with Gasteiger partial charge in [-0.1, -0.05) is 17.0 Å². The average molecular weight is 405 g/mol. The van der Waals surface area contributed by atoms with E-state index in [1.807, 2.05) is 34.9 Å². The third kappa shape index (κ3) is 3.99. The molecular weight excluding hydrogens is 382 g/mol. The minimum Gasteiger partial charge on any atom is -0.385 e. The number of aliphatic hydroxyl groups excluding tert-OH is 1.